The smallest absolute Gasteiger partial charge is 0.231 e. The lowest BCUT2D eigenvalue weighted by molar-refractivity contribution is 0.653. The third-order valence-corrected chi connectivity index (χ3v) is 9.54. The zero-order valence-electron chi connectivity index (χ0n) is 26.9. The summed E-state index contributed by atoms with van der Waals surface area (Å²) < 4.78 is 12.6. The molecule has 7 aromatic carbocycles. The quantitative estimate of drug-likeness (QED) is 0.188. The Labute approximate surface area is 287 Å². The van der Waals surface area contributed by atoms with Gasteiger partial charge in [-0.05, 0) is 63.7 Å². The molecule has 0 aliphatic rings. The summed E-state index contributed by atoms with van der Waals surface area (Å²) >= 11 is 0. The predicted molar refractivity (Wildman–Crippen MR) is 204 cm³/mol. The Morgan fingerprint density at radius 3 is 1.58 bits per heavy atom. The molecule has 0 aliphatic carbocycles. The van der Waals surface area contributed by atoms with Gasteiger partial charge in [-0.1, -0.05) is 140 Å². The van der Waals surface area contributed by atoms with Gasteiger partial charge >= 0.3 is 0 Å². The van der Waals surface area contributed by atoms with E-state index in [1.165, 1.54) is 22.3 Å². The highest BCUT2D eigenvalue weighted by Crippen LogP contribution is 2.40. The van der Waals surface area contributed by atoms with E-state index in [0.29, 0.717) is 11.5 Å². The van der Waals surface area contributed by atoms with Crippen LogP contribution in [0.2, 0.25) is 0 Å². The molecule has 0 saturated heterocycles. The number of furan rings is 2. The summed E-state index contributed by atoms with van der Waals surface area (Å²) in [5, 5.41) is 3.91. The van der Waals surface area contributed by atoms with Crippen LogP contribution in [-0.2, 0) is 0 Å². The van der Waals surface area contributed by atoms with Crippen LogP contribution >= 0.6 is 0 Å². The number of hydrogen-bond acceptors (Lipinski definition) is 4. The topological polar surface area (TPSA) is 52.1 Å². The molecule has 0 fully saturated rings. The Morgan fingerprint density at radius 2 is 0.840 bits per heavy atom. The molecule has 0 unspecified atom stereocenters. The molecule has 4 nitrogen and oxygen atoms in total. The highest BCUT2D eigenvalue weighted by Gasteiger charge is 2.21. The van der Waals surface area contributed by atoms with Crippen molar-refractivity contribution in [3.8, 4) is 56.0 Å². The van der Waals surface area contributed by atoms with Crippen LogP contribution in [0.3, 0.4) is 0 Å². The molecule has 0 bridgehead atoms. The van der Waals surface area contributed by atoms with Crippen LogP contribution in [0.4, 0.5) is 0 Å². The normalized spacial score (nSPS) is 11.6. The average molecular weight is 641 g/mol. The van der Waals surface area contributed by atoms with Crippen molar-refractivity contribution in [1.29, 1.82) is 0 Å². The fourth-order valence-corrected chi connectivity index (χ4v) is 7.12. The zero-order valence-corrected chi connectivity index (χ0v) is 26.9. The number of hydrogen-bond donors (Lipinski definition) is 0. The van der Waals surface area contributed by atoms with Gasteiger partial charge in [0.1, 0.15) is 16.7 Å². The van der Waals surface area contributed by atoms with E-state index >= 15 is 0 Å². The fraction of sp³-hybridized carbons (Fsp3) is 0. The Kier molecular flexibility index (Phi) is 6.46. The van der Waals surface area contributed by atoms with Gasteiger partial charge in [-0.2, -0.15) is 4.98 Å². The molecule has 10 rings (SSSR count). The minimum Gasteiger partial charge on any atom is -0.456 e. The van der Waals surface area contributed by atoms with E-state index in [-0.39, 0.29) is 0 Å². The number of benzene rings is 7. The molecule has 3 aromatic heterocycles. The monoisotopic (exact) mass is 640 g/mol. The first-order valence-corrected chi connectivity index (χ1v) is 16.7. The van der Waals surface area contributed by atoms with Gasteiger partial charge in [-0.15, -0.1) is 0 Å². The van der Waals surface area contributed by atoms with Crippen molar-refractivity contribution in [2.24, 2.45) is 0 Å². The summed E-state index contributed by atoms with van der Waals surface area (Å²) in [6.45, 7) is 0. The summed E-state index contributed by atoms with van der Waals surface area (Å²) in [5.41, 5.74) is 12.7. The first kappa shape index (κ1) is 28.3. The van der Waals surface area contributed by atoms with E-state index < -0.39 is 0 Å². The summed E-state index contributed by atoms with van der Waals surface area (Å²) in [7, 11) is 0. The molecule has 10 aromatic rings. The van der Waals surface area contributed by atoms with Crippen LogP contribution in [0.25, 0.3) is 100 Å². The van der Waals surface area contributed by atoms with E-state index in [4.69, 9.17) is 18.8 Å². The molecule has 0 N–H and O–H groups in total. The van der Waals surface area contributed by atoms with Gasteiger partial charge in [0.2, 0.25) is 5.71 Å². The summed E-state index contributed by atoms with van der Waals surface area (Å²) in [4.78, 5) is 10.4. The maximum Gasteiger partial charge on any atom is 0.231 e. The van der Waals surface area contributed by atoms with Crippen molar-refractivity contribution in [3.63, 3.8) is 0 Å². The second-order valence-corrected chi connectivity index (χ2v) is 12.6. The molecule has 50 heavy (non-hydrogen) atoms. The molecule has 0 amide bonds. The number of aromatic nitrogens is 2. The summed E-state index contributed by atoms with van der Waals surface area (Å²) in [6, 6.07) is 58.8. The van der Waals surface area contributed by atoms with Crippen molar-refractivity contribution in [2.45, 2.75) is 0 Å². The molecule has 3 heterocycles. The third kappa shape index (κ3) is 4.69. The third-order valence-electron chi connectivity index (χ3n) is 9.54. The van der Waals surface area contributed by atoms with Gasteiger partial charge in [-0.3, -0.25) is 0 Å². The first-order valence-electron chi connectivity index (χ1n) is 16.7. The van der Waals surface area contributed by atoms with E-state index in [1.807, 2.05) is 54.6 Å². The van der Waals surface area contributed by atoms with Gasteiger partial charge in [0.15, 0.2) is 5.82 Å². The molecule has 0 spiro atoms. The molecule has 0 radical (unpaired) electrons. The summed E-state index contributed by atoms with van der Waals surface area (Å²) in [6.07, 6.45) is 0. The Morgan fingerprint density at radius 1 is 0.340 bits per heavy atom. The lowest BCUT2D eigenvalue weighted by Crippen LogP contribution is -1.95. The van der Waals surface area contributed by atoms with Gasteiger partial charge in [0.05, 0.1) is 11.1 Å². The van der Waals surface area contributed by atoms with E-state index in [9.17, 15) is 0 Å². The maximum absolute atomic E-state index is 6.40. The van der Waals surface area contributed by atoms with Crippen molar-refractivity contribution >= 4 is 44.0 Å². The first-order chi connectivity index (χ1) is 24.8. The second-order valence-electron chi connectivity index (χ2n) is 12.6. The molecule has 234 valence electrons. The number of nitrogens with zero attached hydrogens (tertiary/aromatic N) is 2. The number of rotatable bonds is 5. The molecule has 4 heteroatoms. The largest absolute Gasteiger partial charge is 0.456 e. The van der Waals surface area contributed by atoms with Crippen molar-refractivity contribution in [3.05, 3.63) is 170 Å². The van der Waals surface area contributed by atoms with Gasteiger partial charge < -0.3 is 8.83 Å². The standard InChI is InChI=1S/C46H28N2O2/c1-2-11-29(12-3-1)30-23-25-31(26-24-30)32-13-8-14-33(27-32)34-15-9-16-35(28-34)44-43-37-18-5-7-21-40(37)50-46(43)48-45(47-44)38-19-10-22-41-42(38)36-17-4-6-20-39(36)49-41/h1-28H. The second kappa shape index (κ2) is 11.4. The Bertz CT molecular complexity index is 2860. The van der Waals surface area contributed by atoms with Crippen LogP contribution in [0.5, 0.6) is 0 Å². The van der Waals surface area contributed by atoms with Crippen LogP contribution in [0.15, 0.2) is 179 Å². The molecule has 0 aliphatic heterocycles. The van der Waals surface area contributed by atoms with E-state index in [2.05, 4.69) is 115 Å². The molecular weight excluding hydrogens is 613 g/mol. The van der Waals surface area contributed by atoms with Gasteiger partial charge in [0, 0.05) is 27.3 Å². The van der Waals surface area contributed by atoms with E-state index in [0.717, 1.165) is 66.2 Å². The van der Waals surface area contributed by atoms with Gasteiger partial charge in [-0.25, -0.2) is 4.98 Å². The predicted octanol–water partition coefficient (Wildman–Crippen LogP) is 12.6. The molecular formula is C46H28N2O2. The highest BCUT2D eigenvalue weighted by molar-refractivity contribution is 6.14. The number of para-hydroxylation sites is 2. The van der Waals surface area contributed by atoms with Gasteiger partial charge in [0.25, 0.3) is 0 Å². The molecule has 0 saturated carbocycles. The lowest BCUT2D eigenvalue weighted by Gasteiger charge is -2.11. The highest BCUT2D eigenvalue weighted by atomic mass is 16.3. The van der Waals surface area contributed by atoms with E-state index in [1.54, 1.807) is 0 Å². The Balaban J connectivity index is 1.11. The number of fused-ring (bicyclic) bond motifs is 6. The fourth-order valence-electron chi connectivity index (χ4n) is 7.12. The van der Waals surface area contributed by atoms with Crippen LogP contribution in [0.1, 0.15) is 0 Å². The zero-order chi connectivity index (χ0) is 33.0. The Hall–Kier alpha value is -6.78. The minimum absolute atomic E-state index is 0.558. The van der Waals surface area contributed by atoms with Crippen molar-refractivity contribution < 1.29 is 8.83 Å². The summed E-state index contributed by atoms with van der Waals surface area (Å²) in [5.74, 6) is 0.593. The van der Waals surface area contributed by atoms with Crippen LogP contribution in [0, 0.1) is 0 Å². The van der Waals surface area contributed by atoms with Crippen molar-refractivity contribution in [2.75, 3.05) is 0 Å². The minimum atomic E-state index is 0.558. The SMILES string of the molecule is c1ccc(-c2ccc(-c3cccc(-c4cccc(-c5nc(-c6cccc7oc8ccccc8c67)nc6oc7ccccc7c56)c4)c3)cc2)cc1. The molecule has 0 atom stereocenters. The van der Waals surface area contributed by atoms with Crippen LogP contribution < -0.4 is 0 Å². The van der Waals surface area contributed by atoms with Crippen molar-refractivity contribution in [1.82, 2.24) is 9.97 Å². The lowest BCUT2D eigenvalue weighted by atomic mass is 9.95. The average Bonchev–Trinajstić information content (AvgIpc) is 3.77. The van der Waals surface area contributed by atoms with Crippen LogP contribution in [-0.4, -0.2) is 9.97 Å². The maximum atomic E-state index is 6.40.